The molecule has 2 heteroatoms. The van der Waals surface area contributed by atoms with Crippen molar-refractivity contribution >= 4 is 17.1 Å². The van der Waals surface area contributed by atoms with Crippen molar-refractivity contribution in [3.63, 3.8) is 0 Å². The number of benzene rings is 2. The van der Waals surface area contributed by atoms with Crippen LogP contribution in [0.5, 0.6) is 0 Å². The summed E-state index contributed by atoms with van der Waals surface area (Å²) in [5, 5.41) is 2.50. The number of rotatable bonds is 2. The molecule has 70 valence electrons. The van der Waals surface area contributed by atoms with Gasteiger partial charge in [-0.25, -0.2) is 0 Å². The maximum absolute atomic E-state index is 5.23. The zero-order valence-electron chi connectivity index (χ0n) is 7.85. The minimum Gasteiger partial charge on any atom is -0.390 e. The Hall–Kier alpha value is -1.83. The van der Waals surface area contributed by atoms with Crippen LogP contribution in [0.15, 0.2) is 47.5 Å². The lowest BCUT2D eigenvalue weighted by Crippen LogP contribution is -1.91. The van der Waals surface area contributed by atoms with Crippen molar-refractivity contribution < 1.29 is 0 Å². The summed E-state index contributed by atoms with van der Waals surface area (Å²) in [5.74, 6) is 0. The third-order valence-electron chi connectivity index (χ3n) is 2.25. The molecular weight excluding hydrogens is 172 g/mol. The van der Waals surface area contributed by atoms with Crippen LogP contribution >= 0.6 is 0 Å². The maximum atomic E-state index is 5.23. The van der Waals surface area contributed by atoms with Gasteiger partial charge in [0.2, 0.25) is 0 Å². The highest BCUT2D eigenvalue weighted by Crippen LogP contribution is 2.18. The Balaban J connectivity index is 2.53. The van der Waals surface area contributed by atoms with E-state index in [1.165, 1.54) is 22.7 Å². The van der Waals surface area contributed by atoms with Crippen molar-refractivity contribution in [3.8, 4) is 0 Å². The fourth-order valence-electron chi connectivity index (χ4n) is 1.58. The van der Waals surface area contributed by atoms with E-state index >= 15 is 0 Å². The van der Waals surface area contributed by atoms with E-state index in [-0.39, 0.29) is 0 Å². The summed E-state index contributed by atoms with van der Waals surface area (Å²) in [6, 6.07) is 14.5. The summed E-state index contributed by atoms with van der Waals surface area (Å²) in [6.45, 7) is 0.651. The van der Waals surface area contributed by atoms with E-state index < -0.39 is 0 Å². The normalized spacial score (nSPS) is 11.1. The molecule has 0 atom stereocenters. The van der Waals surface area contributed by atoms with E-state index in [4.69, 9.17) is 5.73 Å². The predicted octanol–water partition coefficient (Wildman–Crippen LogP) is 2.33. The second-order valence-corrected chi connectivity index (χ2v) is 3.13. The predicted molar refractivity (Wildman–Crippen MR) is 60.3 cm³/mol. The van der Waals surface area contributed by atoms with E-state index in [1.54, 1.807) is 0 Å². The number of aliphatic imine (C=N–C) groups is 1. The van der Waals surface area contributed by atoms with Crippen molar-refractivity contribution in [2.45, 2.75) is 6.54 Å². The smallest absolute Gasteiger partial charge is 0.0801 e. The molecule has 2 rings (SSSR count). The first-order chi connectivity index (χ1) is 6.92. The van der Waals surface area contributed by atoms with Gasteiger partial charge in [-0.15, -0.1) is 0 Å². The highest BCUT2D eigenvalue weighted by Gasteiger charge is 1.97. The monoisotopic (exact) mass is 184 g/mol. The lowest BCUT2D eigenvalue weighted by Gasteiger charge is -2.02. The molecule has 2 aromatic carbocycles. The van der Waals surface area contributed by atoms with Gasteiger partial charge < -0.3 is 5.73 Å². The third kappa shape index (κ3) is 1.59. The number of hydrogen-bond donors (Lipinski definition) is 1. The van der Waals surface area contributed by atoms with E-state index in [0.29, 0.717) is 6.54 Å². The fourth-order valence-corrected chi connectivity index (χ4v) is 1.58. The molecule has 0 spiro atoms. The quantitative estimate of drug-likeness (QED) is 0.564. The molecule has 0 aliphatic rings. The molecule has 14 heavy (non-hydrogen) atoms. The molecular formula is C12H12N2. The zero-order valence-corrected chi connectivity index (χ0v) is 7.85. The summed E-state index contributed by atoms with van der Waals surface area (Å²) >= 11 is 0. The number of hydrogen-bond acceptors (Lipinski definition) is 1. The average molecular weight is 184 g/mol. The molecule has 2 nitrogen and oxygen atoms in total. The first-order valence-corrected chi connectivity index (χ1v) is 4.58. The molecule has 0 heterocycles. The first kappa shape index (κ1) is 8.75. The van der Waals surface area contributed by atoms with E-state index in [1.807, 2.05) is 18.2 Å². The van der Waals surface area contributed by atoms with Crippen LogP contribution in [-0.2, 0) is 6.54 Å². The van der Waals surface area contributed by atoms with Gasteiger partial charge in [-0.1, -0.05) is 42.5 Å². The number of nitrogens with two attached hydrogens (primary N) is 1. The van der Waals surface area contributed by atoms with Crippen molar-refractivity contribution in [1.29, 1.82) is 0 Å². The van der Waals surface area contributed by atoms with Crippen LogP contribution in [-0.4, -0.2) is 6.34 Å². The summed E-state index contributed by atoms with van der Waals surface area (Å²) in [5.41, 5.74) is 6.44. The highest BCUT2D eigenvalue weighted by atomic mass is 14.8. The molecule has 0 fully saturated rings. The Kier molecular flexibility index (Phi) is 2.45. The average Bonchev–Trinajstić information content (AvgIpc) is 2.26. The van der Waals surface area contributed by atoms with Crippen LogP contribution in [0.1, 0.15) is 5.56 Å². The molecule has 0 bridgehead atoms. The summed E-state index contributed by atoms with van der Waals surface area (Å²) in [7, 11) is 0. The van der Waals surface area contributed by atoms with Crippen LogP contribution in [0.3, 0.4) is 0 Å². The second-order valence-electron chi connectivity index (χ2n) is 3.13. The first-order valence-electron chi connectivity index (χ1n) is 4.58. The molecule has 0 unspecified atom stereocenters. The standard InChI is InChI=1S/C12H12N2/c13-9-14-8-11-6-3-5-10-4-1-2-7-12(10)11/h1-7,9H,8H2,(H2,13,14). The van der Waals surface area contributed by atoms with Gasteiger partial charge in [-0.2, -0.15) is 0 Å². The number of fused-ring (bicyclic) bond motifs is 1. The molecule has 0 saturated heterocycles. The van der Waals surface area contributed by atoms with Crippen LogP contribution < -0.4 is 5.73 Å². The van der Waals surface area contributed by atoms with Gasteiger partial charge in [0.15, 0.2) is 0 Å². The van der Waals surface area contributed by atoms with Gasteiger partial charge in [-0.05, 0) is 16.3 Å². The van der Waals surface area contributed by atoms with Gasteiger partial charge >= 0.3 is 0 Å². The van der Waals surface area contributed by atoms with Gasteiger partial charge in [0.25, 0.3) is 0 Å². The molecule has 0 radical (unpaired) electrons. The Labute approximate surface area is 83.1 Å². The van der Waals surface area contributed by atoms with E-state index in [9.17, 15) is 0 Å². The van der Waals surface area contributed by atoms with Crippen LogP contribution in [0, 0.1) is 0 Å². The molecule has 2 aromatic rings. The van der Waals surface area contributed by atoms with Gasteiger partial charge in [0.05, 0.1) is 12.9 Å². The van der Waals surface area contributed by atoms with Crippen molar-refractivity contribution in [3.05, 3.63) is 48.0 Å². The fraction of sp³-hybridized carbons (Fsp3) is 0.0833. The topological polar surface area (TPSA) is 38.4 Å². The summed E-state index contributed by atoms with van der Waals surface area (Å²) in [6.07, 6.45) is 1.35. The van der Waals surface area contributed by atoms with Crippen LogP contribution in [0.25, 0.3) is 10.8 Å². The highest BCUT2D eigenvalue weighted by molar-refractivity contribution is 5.85. The van der Waals surface area contributed by atoms with E-state index in [2.05, 4.69) is 29.3 Å². The largest absolute Gasteiger partial charge is 0.390 e. The summed E-state index contributed by atoms with van der Waals surface area (Å²) < 4.78 is 0. The lowest BCUT2D eigenvalue weighted by molar-refractivity contribution is 1.09. The molecule has 0 aromatic heterocycles. The Morgan fingerprint density at radius 2 is 1.86 bits per heavy atom. The van der Waals surface area contributed by atoms with Crippen molar-refractivity contribution in [1.82, 2.24) is 0 Å². The van der Waals surface area contributed by atoms with Gasteiger partial charge in [0.1, 0.15) is 0 Å². The molecule has 2 N–H and O–H groups in total. The Morgan fingerprint density at radius 3 is 2.71 bits per heavy atom. The lowest BCUT2D eigenvalue weighted by atomic mass is 10.1. The molecule has 0 amide bonds. The Morgan fingerprint density at radius 1 is 1.07 bits per heavy atom. The molecule has 0 aliphatic heterocycles. The zero-order chi connectivity index (χ0) is 9.80. The Bertz CT molecular complexity index is 455. The minimum atomic E-state index is 0.651. The van der Waals surface area contributed by atoms with Crippen LogP contribution in [0.4, 0.5) is 0 Å². The number of nitrogens with zero attached hydrogens (tertiary/aromatic N) is 1. The van der Waals surface area contributed by atoms with Gasteiger partial charge in [-0.3, -0.25) is 4.99 Å². The summed E-state index contributed by atoms with van der Waals surface area (Å²) in [4.78, 5) is 4.04. The minimum absolute atomic E-state index is 0.651. The molecule has 0 aliphatic carbocycles. The van der Waals surface area contributed by atoms with Crippen molar-refractivity contribution in [2.75, 3.05) is 0 Å². The van der Waals surface area contributed by atoms with Crippen LogP contribution in [0.2, 0.25) is 0 Å². The van der Waals surface area contributed by atoms with Gasteiger partial charge in [0, 0.05) is 0 Å². The third-order valence-corrected chi connectivity index (χ3v) is 2.25. The second kappa shape index (κ2) is 3.92. The maximum Gasteiger partial charge on any atom is 0.0801 e. The van der Waals surface area contributed by atoms with Crippen molar-refractivity contribution in [2.24, 2.45) is 10.7 Å². The SMILES string of the molecule is NC=NCc1cccc2ccccc12. The molecule has 0 saturated carbocycles. The van der Waals surface area contributed by atoms with E-state index in [0.717, 1.165) is 0 Å².